The Morgan fingerprint density at radius 2 is 1.92 bits per heavy atom. The smallest absolute Gasteiger partial charge is 0.337 e. The van der Waals surface area contributed by atoms with Crippen molar-refractivity contribution in [1.82, 2.24) is 0 Å². The molecule has 0 fully saturated rings. The molecule has 1 rings (SSSR count). The van der Waals surface area contributed by atoms with E-state index in [2.05, 4.69) is 4.74 Å². The van der Waals surface area contributed by atoms with Gasteiger partial charge in [-0.15, -0.1) is 0 Å². The van der Waals surface area contributed by atoms with Gasteiger partial charge >= 0.3 is 5.97 Å². The zero-order chi connectivity index (χ0) is 8.97. The molecular weight excluding hydrogens is 156 g/mol. The number of hydrogen-bond acceptors (Lipinski definition) is 2. The maximum atomic E-state index is 10.9. The number of esters is 1. The van der Waals surface area contributed by atoms with Crippen LogP contribution < -0.4 is 0 Å². The van der Waals surface area contributed by atoms with Crippen LogP contribution in [0.3, 0.4) is 0 Å². The molecule has 1 aromatic rings. The van der Waals surface area contributed by atoms with Crippen molar-refractivity contribution in [1.29, 1.82) is 0 Å². The van der Waals surface area contributed by atoms with Crippen molar-refractivity contribution in [3.05, 3.63) is 35.4 Å². The van der Waals surface area contributed by atoms with Gasteiger partial charge < -0.3 is 4.74 Å². The van der Waals surface area contributed by atoms with Crippen molar-refractivity contribution in [2.24, 2.45) is 0 Å². The molecule has 1 radical (unpaired) electrons. The molecule has 3 heteroatoms. The zero-order valence-corrected chi connectivity index (χ0v) is 6.74. The highest BCUT2D eigenvalue weighted by molar-refractivity contribution is 5.89. The standard InChI is InChI=1S/C9H9O3/c1-12-9(11)8-4-2-7(6-10)3-5-8/h2-5H,6H2,1H3. The fourth-order valence-corrected chi connectivity index (χ4v) is 0.855. The van der Waals surface area contributed by atoms with Gasteiger partial charge in [0.1, 0.15) is 6.61 Å². The van der Waals surface area contributed by atoms with Crippen molar-refractivity contribution < 1.29 is 14.6 Å². The second kappa shape index (κ2) is 3.88. The Bertz CT molecular complexity index is 264. The van der Waals surface area contributed by atoms with Crippen molar-refractivity contribution in [2.45, 2.75) is 6.61 Å². The van der Waals surface area contributed by atoms with E-state index in [-0.39, 0.29) is 12.6 Å². The Labute approximate surface area is 70.6 Å². The summed E-state index contributed by atoms with van der Waals surface area (Å²) in [7, 11) is 1.32. The van der Waals surface area contributed by atoms with Crippen molar-refractivity contribution in [2.75, 3.05) is 7.11 Å². The first-order valence-electron chi connectivity index (χ1n) is 3.53. The predicted molar refractivity (Wildman–Crippen MR) is 42.2 cm³/mol. The van der Waals surface area contributed by atoms with Crippen LogP contribution >= 0.6 is 0 Å². The zero-order valence-electron chi connectivity index (χ0n) is 6.74. The van der Waals surface area contributed by atoms with E-state index < -0.39 is 0 Å². The molecule has 0 saturated carbocycles. The molecule has 0 spiro atoms. The molecule has 0 amide bonds. The maximum absolute atomic E-state index is 10.9. The molecule has 0 unspecified atom stereocenters. The fraction of sp³-hybridized carbons (Fsp3) is 0.222. The lowest BCUT2D eigenvalue weighted by molar-refractivity contribution is 0.0600. The lowest BCUT2D eigenvalue weighted by Crippen LogP contribution is -2.00. The maximum Gasteiger partial charge on any atom is 0.337 e. The van der Waals surface area contributed by atoms with E-state index in [1.807, 2.05) is 0 Å². The Morgan fingerprint density at radius 3 is 2.33 bits per heavy atom. The Balaban J connectivity index is 2.84. The minimum absolute atomic E-state index is 0.262. The van der Waals surface area contributed by atoms with Gasteiger partial charge in [-0.2, -0.15) is 0 Å². The second-order valence-electron chi connectivity index (χ2n) is 2.33. The minimum Gasteiger partial charge on any atom is -0.465 e. The summed E-state index contributed by atoms with van der Waals surface area (Å²) in [5.74, 6) is -0.382. The normalized spacial score (nSPS) is 9.50. The van der Waals surface area contributed by atoms with Gasteiger partial charge in [0.15, 0.2) is 0 Å². The van der Waals surface area contributed by atoms with E-state index in [1.54, 1.807) is 24.3 Å². The van der Waals surface area contributed by atoms with Crippen LogP contribution in [0.25, 0.3) is 0 Å². The lowest BCUT2D eigenvalue weighted by atomic mass is 10.1. The predicted octanol–water partition coefficient (Wildman–Crippen LogP) is 1.40. The molecule has 0 bridgehead atoms. The van der Waals surface area contributed by atoms with E-state index in [4.69, 9.17) is 0 Å². The van der Waals surface area contributed by atoms with Gasteiger partial charge in [0, 0.05) is 0 Å². The van der Waals surface area contributed by atoms with Gasteiger partial charge in [0.2, 0.25) is 0 Å². The Hall–Kier alpha value is -1.35. The summed E-state index contributed by atoms with van der Waals surface area (Å²) in [5, 5.41) is 10.4. The van der Waals surface area contributed by atoms with E-state index in [0.29, 0.717) is 11.1 Å². The molecule has 0 heterocycles. The fourth-order valence-electron chi connectivity index (χ4n) is 0.855. The molecule has 0 saturated heterocycles. The average molecular weight is 165 g/mol. The van der Waals surface area contributed by atoms with Crippen LogP contribution in [-0.2, 0) is 16.5 Å². The lowest BCUT2D eigenvalue weighted by Gasteiger charge is -1.98. The van der Waals surface area contributed by atoms with Crippen LogP contribution in [0.4, 0.5) is 0 Å². The van der Waals surface area contributed by atoms with Crippen LogP contribution in [0.5, 0.6) is 0 Å². The van der Waals surface area contributed by atoms with Gasteiger partial charge in [0.05, 0.1) is 12.7 Å². The number of benzene rings is 1. The summed E-state index contributed by atoms with van der Waals surface area (Å²) < 4.78 is 4.49. The molecule has 0 aliphatic rings. The topological polar surface area (TPSA) is 46.2 Å². The third-order valence-electron chi connectivity index (χ3n) is 1.54. The van der Waals surface area contributed by atoms with Crippen LogP contribution in [-0.4, -0.2) is 13.1 Å². The average Bonchev–Trinajstić information content (AvgIpc) is 2.17. The van der Waals surface area contributed by atoms with E-state index in [0.717, 1.165) is 0 Å². The van der Waals surface area contributed by atoms with Gasteiger partial charge in [-0.05, 0) is 17.7 Å². The van der Waals surface area contributed by atoms with Crippen LogP contribution in [0, 0.1) is 0 Å². The molecule has 0 aliphatic heterocycles. The van der Waals surface area contributed by atoms with Gasteiger partial charge in [-0.25, -0.2) is 9.90 Å². The molecule has 0 N–H and O–H groups in total. The van der Waals surface area contributed by atoms with Gasteiger partial charge in [-0.3, -0.25) is 0 Å². The molecule has 1 aromatic carbocycles. The number of ether oxygens (including phenoxy) is 1. The molecule has 63 valence electrons. The van der Waals surface area contributed by atoms with E-state index >= 15 is 0 Å². The van der Waals surface area contributed by atoms with Crippen LogP contribution in [0.1, 0.15) is 15.9 Å². The highest BCUT2D eigenvalue weighted by Crippen LogP contribution is 2.05. The third kappa shape index (κ3) is 1.83. The molecule has 0 aliphatic carbocycles. The van der Waals surface area contributed by atoms with Crippen molar-refractivity contribution in [3.8, 4) is 0 Å². The highest BCUT2D eigenvalue weighted by Gasteiger charge is 2.03. The monoisotopic (exact) mass is 165 g/mol. The molecular formula is C9H9O3. The largest absolute Gasteiger partial charge is 0.465 e. The number of rotatable bonds is 2. The molecule has 3 nitrogen and oxygen atoms in total. The summed E-state index contributed by atoms with van der Waals surface area (Å²) in [6.45, 7) is -0.262. The summed E-state index contributed by atoms with van der Waals surface area (Å²) in [4.78, 5) is 10.9. The SMILES string of the molecule is COC(=O)c1ccc(C[O])cc1. The third-order valence-corrected chi connectivity index (χ3v) is 1.54. The van der Waals surface area contributed by atoms with Gasteiger partial charge in [0.25, 0.3) is 0 Å². The summed E-state index contributed by atoms with van der Waals surface area (Å²) in [5.41, 5.74) is 1.14. The Morgan fingerprint density at radius 1 is 1.33 bits per heavy atom. The molecule has 12 heavy (non-hydrogen) atoms. The number of carbonyl (C=O) groups excluding carboxylic acids is 1. The quantitative estimate of drug-likeness (QED) is 0.622. The van der Waals surface area contributed by atoms with Crippen LogP contribution in [0.15, 0.2) is 24.3 Å². The van der Waals surface area contributed by atoms with E-state index in [9.17, 15) is 9.90 Å². The van der Waals surface area contributed by atoms with Crippen molar-refractivity contribution in [3.63, 3.8) is 0 Å². The van der Waals surface area contributed by atoms with Crippen molar-refractivity contribution >= 4 is 5.97 Å². The Kier molecular flexibility index (Phi) is 2.82. The first-order valence-corrected chi connectivity index (χ1v) is 3.53. The number of hydrogen-bond donors (Lipinski definition) is 0. The minimum atomic E-state index is -0.382. The summed E-state index contributed by atoms with van der Waals surface area (Å²) >= 11 is 0. The van der Waals surface area contributed by atoms with Crippen LogP contribution in [0.2, 0.25) is 0 Å². The van der Waals surface area contributed by atoms with Gasteiger partial charge in [-0.1, -0.05) is 12.1 Å². The highest BCUT2D eigenvalue weighted by atomic mass is 16.5. The molecule has 0 atom stereocenters. The summed E-state index contributed by atoms with van der Waals surface area (Å²) in [6, 6.07) is 6.41. The first-order chi connectivity index (χ1) is 5.77. The molecule has 0 aromatic heterocycles. The summed E-state index contributed by atoms with van der Waals surface area (Å²) in [6.07, 6.45) is 0. The first kappa shape index (κ1) is 8.74. The second-order valence-corrected chi connectivity index (χ2v) is 2.33. The number of methoxy groups -OCH3 is 1. The number of carbonyl (C=O) groups is 1. The van der Waals surface area contributed by atoms with E-state index in [1.165, 1.54) is 7.11 Å².